The molecular weight excluding hydrogens is 400 g/mol. The summed E-state index contributed by atoms with van der Waals surface area (Å²) in [5.41, 5.74) is 8.11. The molecule has 5 nitrogen and oxygen atoms in total. The predicted octanol–water partition coefficient (Wildman–Crippen LogP) is 5.47. The monoisotopic (exact) mass is 426 g/mol. The Bertz CT molecular complexity index is 1510. The highest BCUT2D eigenvalue weighted by Crippen LogP contribution is 2.50. The summed E-state index contributed by atoms with van der Waals surface area (Å²) in [6.45, 7) is 5.57. The molecule has 0 saturated heterocycles. The second-order valence-electron chi connectivity index (χ2n) is 8.79. The number of aliphatic hydroxyl groups excluding tert-OH is 1. The summed E-state index contributed by atoms with van der Waals surface area (Å²) in [6, 6.07) is 14.9. The van der Waals surface area contributed by atoms with Crippen LogP contribution in [0.1, 0.15) is 30.5 Å². The Morgan fingerprint density at radius 1 is 1.12 bits per heavy atom. The molecule has 5 heteroatoms. The van der Waals surface area contributed by atoms with Gasteiger partial charge in [0.25, 0.3) is 0 Å². The molecule has 0 fully saturated rings. The number of ether oxygens (including phenoxy) is 1. The van der Waals surface area contributed by atoms with E-state index in [4.69, 9.17) is 4.74 Å². The Morgan fingerprint density at radius 2 is 1.97 bits per heavy atom. The maximum Gasteiger partial charge on any atom is 0.197 e. The number of fused-ring (bicyclic) bond motifs is 10. The number of rotatable bonds is 5. The van der Waals surface area contributed by atoms with Crippen molar-refractivity contribution in [1.29, 1.82) is 0 Å². The molecule has 2 heterocycles. The Hall–Kier alpha value is -3.28. The highest BCUT2D eigenvalue weighted by molar-refractivity contribution is 6.27. The fourth-order valence-corrected chi connectivity index (χ4v) is 5.46. The SMILES string of the molecule is CCOCc1ccc2c(c1)c1c3c[nH]c(O)c3c3c(c1n2CC(C)O)Cc1ccccc1-3. The smallest absolute Gasteiger partial charge is 0.197 e. The minimum Gasteiger partial charge on any atom is -0.494 e. The van der Waals surface area contributed by atoms with Crippen LogP contribution in [-0.4, -0.2) is 32.5 Å². The first-order valence-corrected chi connectivity index (χ1v) is 11.2. The molecule has 0 saturated carbocycles. The fraction of sp³-hybridized carbons (Fsp3) is 0.259. The van der Waals surface area contributed by atoms with Crippen LogP contribution >= 0.6 is 0 Å². The van der Waals surface area contributed by atoms with Gasteiger partial charge in [-0.1, -0.05) is 30.3 Å². The second kappa shape index (κ2) is 7.12. The first kappa shape index (κ1) is 19.4. The standard InChI is InChI=1S/C27H26N2O3/c1-3-32-14-16-8-9-22-19(10-16)24-21-12-28-27(31)25(21)23-18-7-5-4-6-17(18)11-20(23)26(24)29(22)13-15(2)30/h4-10,12,15,28,30-31H,3,11,13-14H2,1-2H3. The van der Waals surface area contributed by atoms with Gasteiger partial charge in [0, 0.05) is 53.0 Å². The lowest BCUT2D eigenvalue weighted by Gasteiger charge is -2.13. The molecule has 3 N–H and O–H groups in total. The van der Waals surface area contributed by atoms with Crippen molar-refractivity contribution in [3.63, 3.8) is 0 Å². The van der Waals surface area contributed by atoms with Crippen LogP contribution in [0.15, 0.2) is 48.7 Å². The molecule has 1 atom stereocenters. The van der Waals surface area contributed by atoms with Gasteiger partial charge >= 0.3 is 0 Å². The first-order valence-electron chi connectivity index (χ1n) is 11.2. The third kappa shape index (κ3) is 2.65. The number of nitrogens with one attached hydrogen (secondary N) is 1. The van der Waals surface area contributed by atoms with Crippen LogP contribution in [0.3, 0.4) is 0 Å². The number of H-pyrrole nitrogens is 1. The molecule has 6 rings (SSSR count). The molecule has 1 aliphatic rings. The third-order valence-electron chi connectivity index (χ3n) is 6.67. The number of hydrogen-bond donors (Lipinski definition) is 3. The van der Waals surface area contributed by atoms with Crippen molar-refractivity contribution in [3.05, 3.63) is 65.4 Å². The van der Waals surface area contributed by atoms with Gasteiger partial charge in [-0.05, 0) is 48.2 Å². The number of aromatic amines is 1. The summed E-state index contributed by atoms with van der Waals surface area (Å²) in [5, 5.41) is 25.3. The molecular formula is C27H26N2O3. The molecule has 162 valence electrons. The lowest BCUT2D eigenvalue weighted by atomic mass is 9.96. The Morgan fingerprint density at radius 3 is 2.78 bits per heavy atom. The number of benzene rings is 3. The molecule has 0 radical (unpaired) electrons. The zero-order valence-electron chi connectivity index (χ0n) is 18.3. The molecule has 1 aliphatic carbocycles. The number of aromatic hydroxyl groups is 1. The van der Waals surface area contributed by atoms with Crippen molar-refractivity contribution in [1.82, 2.24) is 9.55 Å². The minimum absolute atomic E-state index is 0.205. The van der Waals surface area contributed by atoms with E-state index < -0.39 is 6.10 Å². The van der Waals surface area contributed by atoms with E-state index in [-0.39, 0.29) is 5.88 Å². The number of nitrogens with zero attached hydrogens (tertiary/aromatic N) is 1. The predicted molar refractivity (Wildman–Crippen MR) is 128 cm³/mol. The highest BCUT2D eigenvalue weighted by atomic mass is 16.5. The van der Waals surface area contributed by atoms with E-state index in [0.29, 0.717) is 19.8 Å². The van der Waals surface area contributed by atoms with Gasteiger partial charge in [-0.15, -0.1) is 0 Å². The molecule has 3 aromatic carbocycles. The summed E-state index contributed by atoms with van der Waals surface area (Å²) in [4.78, 5) is 3.07. The molecule has 0 bridgehead atoms. The van der Waals surface area contributed by atoms with Gasteiger partial charge in [0.1, 0.15) is 0 Å². The Labute approximate surface area is 185 Å². The largest absolute Gasteiger partial charge is 0.494 e. The maximum absolute atomic E-state index is 10.8. The molecule has 0 spiro atoms. The lowest BCUT2D eigenvalue weighted by Crippen LogP contribution is -2.12. The van der Waals surface area contributed by atoms with Gasteiger partial charge in [0.15, 0.2) is 5.88 Å². The van der Waals surface area contributed by atoms with Crippen LogP contribution in [0.25, 0.3) is 43.7 Å². The Balaban J connectivity index is 1.79. The summed E-state index contributed by atoms with van der Waals surface area (Å²) in [7, 11) is 0. The van der Waals surface area contributed by atoms with Crippen LogP contribution in [0.4, 0.5) is 0 Å². The van der Waals surface area contributed by atoms with Crippen LogP contribution < -0.4 is 0 Å². The van der Waals surface area contributed by atoms with Gasteiger partial charge in [-0.3, -0.25) is 0 Å². The van der Waals surface area contributed by atoms with Gasteiger partial charge in [0.05, 0.1) is 23.6 Å². The number of aliphatic hydroxyl groups is 1. The van der Waals surface area contributed by atoms with Crippen LogP contribution in [0, 0.1) is 0 Å². The van der Waals surface area contributed by atoms with Crippen molar-refractivity contribution in [3.8, 4) is 17.0 Å². The van der Waals surface area contributed by atoms with E-state index >= 15 is 0 Å². The number of hydrogen-bond acceptors (Lipinski definition) is 3. The summed E-state index contributed by atoms with van der Waals surface area (Å²) >= 11 is 0. The van der Waals surface area contributed by atoms with Crippen molar-refractivity contribution in [2.24, 2.45) is 0 Å². The average molecular weight is 427 g/mol. The summed E-state index contributed by atoms with van der Waals surface area (Å²) in [5.74, 6) is 0.205. The highest BCUT2D eigenvalue weighted by Gasteiger charge is 2.29. The molecule has 2 aromatic heterocycles. The maximum atomic E-state index is 10.8. The minimum atomic E-state index is -0.480. The van der Waals surface area contributed by atoms with E-state index in [1.807, 2.05) is 20.0 Å². The molecule has 0 aliphatic heterocycles. The fourth-order valence-electron chi connectivity index (χ4n) is 5.46. The topological polar surface area (TPSA) is 70.4 Å². The zero-order chi connectivity index (χ0) is 22.0. The van der Waals surface area contributed by atoms with E-state index in [0.717, 1.165) is 50.1 Å². The first-order chi connectivity index (χ1) is 15.6. The zero-order valence-corrected chi connectivity index (χ0v) is 18.3. The van der Waals surface area contributed by atoms with Crippen molar-refractivity contribution in [2.75, 3.05) is 6.61 Å². The number of aromatic nitrogens is 2. The van der Waals surface area contributed by atoms with E-state index in [1.54, 1.807) is 0 Å². The van der Waals surface area contributed by atoms with E-state index in [1.165, 1.54) is 16.7 Å². The molecule has 1 unspecified atom stereocenters. The van der Waals surface area contributed by atoms with Crippen LogP contribution in [0.5, 0.6) is 5.88 Å². The van der Waals surface area contributed by atoms with Gasteiger partial charge in [-0.2, -0.15) is 0 Å². The normalized spacial score (nSPS) is 13.8. The lowest BCUT2D eigenvalue weighted by molar-refractivity contribution is 0.134. The average Bonchev–Trinajstić information content (AvgIpc) is 3.44. The van der Waals surface area contributed by atoms with E-state index in [2.05, 4.69) is 52.0 Å². The summed E-state index contributed by atoms with van der Waals surface area (Å²) in [6.07, 6.45) is 2.24. The van der Waals surface area contributed by atoms with Crippen LogP contribution in [-0.2, 0) is 24.3 Å². The molecule has 32 heavy (non-hydrogen) atoms. The van der Waals surface area contributed by atoms with Gasteiger partial charge < -0.3 is 24.5 Å². The van der Waals surface area contributed by atoms with Crippen molar-refractivity contribution in [2.45, 2.75) is 39.5 Å². The van der Waals surface area contributed by atoms with E-state index in [9.17, 15) is 10.2 Å². The summed E-state index contributed by atoms with van der Waals surface area (Å²) < 4.78 is 7.92. The quantitative estimate of drug-likeness (QED) is 0.342. The third-order valence-corrected chi connectivity index (χ3v) is 6.67. The van der Waals surface area contributed by atoms with Crippen molar-refractivity contribution >= 4 is 32.6 Å². The van der Waals surface area contributed by atoms with Gasteiger partial charge in [-0.25, -0.2) is 0 Å². The molecule has 0 amide bonds. The van der Waals surface area contributed by atoms with Gasteiger partial charge in [0.2, 0.25) is 0 Å². The van der Waals surface area contributed by atoms with Crippen LogP contribution in [0.2, 0.25) is 0 Å². The second-order valence-corrected chi connectivity index (χ2v) is 8.79. The van der Waals surface area contributed by atoms with Crippen molar-refractivity contribution < 1.29 is 14.9 Å². The Kier molecular flexibility index (Phi) is 4.32. The molecule has 5 aromatic rings.